The molecule has 1 amide bonds. The van der Waals surface area contributed by atoms with Gasteiger partial charge in [-0.15, -0.1) is 0 Å². The van der Waals surface area contributed by atoms with Crippen LogP contribution >= 0.6 is 0 Å². The van der Waals surface area contributed by atoms with Crippen LogP contribution in [0, 0.1) is 0 Å². The minimum Gasteiger partial charge on any atom is -0.464 e. The number of nitrogens with two attached hydrogens (primary N) is 3. The van der Waals surface area contributed by atoms with Crippen molar-refractivity contribution in [2.24, 2.45) is 22.2 Å². The van der Waals surface area contributed by atoms with E-state index in [2.05, 4.69) is 14.5 Å². The maximum absolute atomic E-state index is 11.8. The van der Waals surface area contributed by atoms with Crippen LogP contribution in [0.25, 0.3) is 0 Å². The fourth-order valence-electron chi connectivity index (χ4n) is 1.05. The first kappa shape index (κ1) is 18.7. The number of rotatable bonds is 7. The molecule has 0 aliphatic heterocycles. The normalized spacial score (nSPS) is 13.6. The molecule has 0 unspecified atom stereocenters. The Hall–Kier alpha value is -2.30. The molecule has 0 aromatic heterocycles. The molecule has 0 spiro atoms. The lowest BCUT2D eigenvalue weighted by molar-refractivity contribution is -0.173. The van der Waals surface area contributed by atoms with Crippen molar-refractivity contribution in [1.82, 2.24) is 0 Å². The van der Waals surface area contributed by atoms with Crippen molar-refractivity contribution >= 4 is 17.6 Å². The summed E-state index contributed by atoms with van der Waals surface area (Å²) in [4.78, 5) is 25.8. The number of halogens is 3. The molecule has 0 fully saturated rings. The lowest BCUT2D eigenvalue weighted by Gasteiger charge is -2.08. The number of nitrogens with zero attached hydrogens (tertiary/aromatic N) is 1. The van der Waals surface area contributed by atoms with Crippen molar-refractivity contribution in [2.75, 3.05) is 26.9 Å². The summed E-state index contributed by atoms with van der Waals surface area (Å²) in [5, 5.41) is 0. The molecule has 0 aliphatic rings. The molecule has 0 aliphatic carbocycles. The summed E-state index contributed by atoms with van der Waals surface area (Å²) in [6.45, 7) is -2.21. The van der Waals surface area contributed by atoms with Gasteiger partial charge in [0.2, 0.25) is 0 Å². The monoisotopic (exact) mass is 312 g/mol. The van der Waals surface area contributed by atoms with Crippen molar-refractivity contribution in [2.45, 2.75) is 6.18 Å². The summed E-state index contributed by atoms with van der Waals surface area (Å²) in [5.74, 6) is -2.11. The van der Waals surface area contributed by atoms with Crippen LogP contribution in [0.3, 0.4) is 0 Å². The molecule has 0 saturated heterocycles. The third-order valence-electron chi connectivity index (χ3n) is 1.96. The minimum atomic E-state index is -4.47. The van der Waals surface area contributed by atoms with Gasteiger partial charge in [-0.3, -0.25) is 9.79 Å². The summed E-state index contributed by atoms with van der Waals surface area (Å²) in [6, 6.07) is 0. The second kappa shape index (κ2) is 8.09. The predicted octanol–water partition coefficient (Wildman–Crippen LogP) is -1.21. The van der Waals surface area contributed by atoms with Gasteiger partial charge < -0.3 is 26.7 Å². The first-order valence-corrected chi connectivity index (χ1v) is 5.42. The highest BCUT2D eigenvalue weighted by atomic mass is 19.4. The third-order valence-corrected chi connectivity index (χ3v) is 1.96. The van der Waals surface area contributed by atoms with Crippen molar-refractivity contribution in [1.29, 1.82) is 0 Å². The van der Waals surface area contributed by atoms with Crippen LogP contribution < -0.4 is 17.2 Å². The van der Waals surface area contributed by atoms with Gasteiger partial charge in [0.05, 0.1) is 26.0 Å². The van der Waals surface area contributed by atoms with E-state index in [1.54, 1.807) is 0 Å². The highest BCUT2D eigenvalue weighted by Crippen LogP contribution is 2.14. The Kier molecular flexibility index (Phi) is 7.21. The smallest absolute Gasteiger partial charge is 0.411 e. The van der Waals surface area contributed by atoms with E-state index < -0.39 is 48.4 Å². The zero-order valence-electron chi connectivity index (χ0n) is 11.1. The van der Waals surface area contributed by atoms with Crippen LogP contribution in [0.1, 0.15) is 0 Å². The van der Waals surface area contributed by atoms with Gasteiger partial charge in [-0.05, 0) is 0 Å². The molecular weight excluding hydrogens is 297 g/mol. The van der Waals surface area contributed by atoms with Crippen molar-refractivity contribution in [3.05, 3.63) is 11.4 Å². The van der Waals surface area contributed by atoms with Gasteiger partial charge in [0.1, 0.15) is 18.0 Å². The Labute approximate surface area is 117 Å². The van der Waals surface area contributed by atoms with Crippen LogP contribution in [0.15, 0.2) is 16.4 Å². The van der Waals surface area contributed by atoms with Gasteiger partial charge in [0.15, 0.2) is 0 Å². The Morgan fingerprint density at radius 3 is 2.14 bits per heavy atom. The quantitative estimate of drug-likeness (QED) is 0.233. The molecule has 0 atom stereocenters. The van der Waals surface area contributed by atoms with E-state index in [4.69, 9.17) is 17.2 Å². The van der Waals surface area contributed by atoms with Crippen LogP contribution in [-0.2, 0) is 19.1 Å². The molecule has 8 nitrogen and oxygen atoms in total. The molecule has 0 heterocycles. The molecule has 11 heteroatoms. The lowest BCUT2D eigenvalue weighted by Crippen LogP contribution is -2.33. The Morgan fingerprint density at radius 1 is 1.14 bits per heavy atom. The summed E-state index contributed by atoms with van der Waals surface area (Å²) in [6.07, 6.45) is -4.47. The molecule has 21 heavy (non-hydrogen) atoms. The number of ether oxygens (including phenoxy) is 2. The van der Waals surface area contributed by atoms with Crippen LogP contribution in [0.4, 0.5) is 13.2 Å². The Bertz CT molecular complexity index is 460. The van der Waals surface area contributed by atoms with E-state index in [-0.39, 0.29) is 6.54 Å². The van der Waals surface area contributed by atoms with E-state index >= 15 is 0 Å². The van der Waals surface area contributed by atoms with E-state index in [1.807, 2.05) is 0 Å². The second-order valence-corrected chi connectivity index (χ2v) is 3.58. The SMILES string of the molecule is COC(=O)C(N)=C(N)C(=NCCOCC(F)(F)F)C(N)=O. The van der Waals surface area contributed by atoms with Crippen LogP contribution in [0.5, 0.6) is 0 Å². The maximum Gasteiger partial charge on any atom is 0.411 e. The zero-order valence-corrected chi connectivity index (χ0v) is 11.1. The number of amides is 1. The molecule has 0 bridgehead atoms. The van der Waals surface area contributed by atoms with Crippen molar-refractivity contribution < 1.29 is 32.2 Å². The lowest BCUT2D eigenvalue weighted by atomic mass is 10.2. The predicted molar refractivity (Wildman–Crippen MR) is 65.8 cm³/mol. The zero-order chi connectivity index (χ0) is 16.6. The van der Waals surface area contributed by atoms with Crippen LogP contribution in [-0.4, -0.2) is 50.6 Å². The van der Waals surface area contributed by atoms with Crippen molar-refractivity contribution in [3.63, 3.8) is 0 Å². The molecule has 120 valence electrons. The Morgan fingerprint density at radius 2 is 1.71 bits per heavy atom. The highest BCUT2D eigenvalue weighted by molar-refractivity contribution is 6.45. The number of methoxy groups -OCH3 is 1. The maximum atomic E-state index is 11.8. The highest BCUT2D eigenvalue weighted by Gasteiger charge is 2.27. The van der Waals surface area contributed by atoms with Gasteiger partial charge >= 0.3 is 12.1 Å². The molecule has 0 aromatic rings. The average molecular weight is 312 g/mol. The van der Waals surface area contributed by atoms with Gasteiger partial charge in [-0.25, -0.2) is 4.79 Å². The molecule has 0 radical (unpaired) electrons. The number of carbonyl (C=O) groups is 2. The number of primary amides is 1. The molecular formula is C10H15F3N4O4. The van der Waals surface area contributed by atoms with E-state index in [1.165, 1.54) is 0 Å². The molecule has 0 aromatic carbocycles. The standard InChI is InChI=1S/C10H15F3N4O4/c1-20-9(19)6(15)5(14)7(8(16)18)17-2-3-21-4-10(11,12)13/h2-4,14-15H2,1H3,(H2,16,18). The van der Waals surface area contributed by atoms with E-state index in [0.29, 0.717) is 0 Å². The van der Waals surface area contributed by atoms with Crippen molar-refractivity contribution in [3.8, 4) is 0 Å². The fraction of sp³-hybridized carbons (Fsp3) is 0.500. The number of hydrogen-bond acceptors (Lipinski definition) is 7. The molecule has 0 saturated carbocycles. The summed E-state index contributed by atoms with van der Waals surface area (Å²) in [5.41, 5.74) is 14.1. The third kappa shape index (κ3) is 7.15. The number of carbonyl (C=O) groups excluding carboxylic acids is 2. The topological polar surface area (TPSA) is 143 Å². The van der Waals surface area contributed by atoms with Gasteiger partial charge in [-0.2, -0.15) is 13.2 Å². The summed E-state index contributed by atoms with van der Waals surface area (Å²) in [7, 11) is 1.04. The van der Waals surface area contributed by atoms with Gasteiger partial charge in [-0.1, -0.05) is 0 Å². The summed E-state index contributed by atoms with van der Waals surface area (Å²) >= 11 is 0. The largest absolute Gasteiger partial charge is 0.464 e. The average Bonchev–Trinajstić information content (AvgIpc) is 2.38. The van der Waals surface area contributed by atoms with Gasteiger partial charge in [0.25, 0.3) is 5.91 Å². The Balaban J connectivity index is 4.81. The number of hydrogen-bond donors (Lipinski definition) is 3. The fourth-order valence-corrected chi connectivity index (χ4v) is 1.05. The molecule has 0 rings (SSSR count). The number of aliphatic imine (C=N–C) groups is 1. The van der Waals surface area contributed by atoms with Crippen LogP contribution in [0.2, 0.25) is 0 Å². The first-order valence-electron chi connectivity index (χ1n) is 5.42. The second-order valence-electron chi connectivity index (χ2n) is 3.58. The van der Waals surface area contributed by atoms with E-state index in [9.17, 15) is 22.8 Å². The van der Waals surface area contributed by atoms with E-state index in [0.717, 1.165) is 7.11 Å². The number of esters is 1. The summed E-state index contributed by atoms with van der Waals surface area (Å²) < 4.78 is 44.0. The molecule has 6 N–H and O–H groups in total. The number of alkyl halides is 3. The first-order chi connectivity index (χ1) is 9.60. The van der Waals surface area contributed by atoms with Gasteiger partial charge in [0, 0.05) is 0 Å². The minimum absolute atomic E-state index is 0.330.